The van der Waals surface area contributed by atoms with Crippen molar-refractivity contribution in [2.75, 3.05) is 4.90 Å². The van der Waals surface area contributed by atoms with Gasteiger partial charge < -0.3 is 4.90 Å². The zero-order valence-corrected chi connectivity index (χ0v) is 35.3. The van der Waals surface area contributed by atoms with E-state index in [1.165, 1.54) is 99.8 Å². The van der Waals surface area contributed by atoms with E-state index >= 15 is 0 Å². The fourth-order valence-electron chi connectivity index (χ4n) is 11.6. The van der Waals surface area contributed by atoms with Crippen LogP contribution >= 0.6 is 0 Å². The summed E-state index contributed by atoms with van der Waals surface area (Å²) in [5.74, 6) is 0. The first-order valence-corrected chi connectivity index (χ1v) is 22.2. The highest BCUT2D eigenvalue weighted by molar-refractivity contribution is 5.98. The molecule has 0 heterocycles. The maximum Gasteiger partial charge on any atom is 0.0726 e. The molecule has 13 rings (SSSR count). The van der Waals surface area contributed by atoms with Crippen molar-refractivity contribution in [3.8, 4) is 55.6 Å². The van der Waals surface area contributed by atoms with E-state index in [0.29, 0.717) is 0 Å². The lowest BCUT2D eigenvalue weighted by Crippen LogP contribution is -2.26. The van der Waals surface area contributed by atoms with Gasteiger partial charge in [-0.05, 0) is 142 Å². The minimum Gasteiger partial charge on any atom is -0.310 e. The summed E-state index contributed by atoms with van der Waals surface area (Å²) in [6.07, 6.45) is 0. The van der Waals surface area contributed by atoms with Crippen LogP contribution in [0.2, 0.25) is 0 Å². The normalized spacial score (nSPS) is 14.1. The van der Waals surface area contributed by atoms with Crippen molar-refractivity contribution in [1.82, 2.24) is 0 Å². The molecule has 0 aliphatic heterocycles. The number of nitrogens with zero attached hydrogens (tertiary/aromatic N) is 1. The van der Waals surface area contributed by atoms with Gasteiger partial charge in [-0.2, -0.15) is 0 Å². The van der Waals surface area contributed by atoms with Gasteiger partial charge in [-0.15, -0.1) is 0 Å². The summed E-state index contributed by atoms with van der Waals surface area (Å²) in [7, 11) is 0. The largest absolute Gasteiger partial charge is 0.310 e. The van der Waals surface area contributed by atoms with Crippen LogP contribution in [0.25, 0.3) is 66.4 Å². The zero-order valence-electron chi connectivity index (χ0n) is 35.3. The summed E-state index contributed by atoms with van der Waals surface area (Å²) in [4.78, 5) is 2.49. The summed E-state index contributed by atoms with van der Waals surface area (Å²) in [6, 6.07) is 84.0. The Morgan fingerprint density at radius 1 is 0.286 bits per heavy atom. The second kappa shape index (κ2) is 13.4. The van der Waals surface area contributed by atoms with Crippen molar-refractivity contribution < 1.29 is 0 Å². The van der Waals surface area contributed by atoms with Crippen LogP contribution < -0.4 is 4.90 Å². The highest BCUT2D eigenvalue weighted by Crippen LogP contribution is 2.63. The van der Waals surface area contributed by atoms with Gasteiger partial charge in [0.1, 0.15) is 0 Å². The van der Waals surface area contributed by atoms with Crippen LogP contribution in [-0.4, -0.2) is 0 Å². The summed E-state index contributed by atoms with van der Waals surface area (Å²) in [6.45, 7) is 4.75. The third kappa shape index (κ3) is 5.05. The molecule has 0 aromatic heterocycles. The van der Waals surface area contributed by atoms with Gasteiger partial charge in [0.2, 0.25) is 0 Å². The van der Waals surface area contributed by atoms with Crippen molar-refractivity contribution in [2.45, 2.75) is 24.7 Å². The number of rotatable bonds is 5. The Hall–Kier alpha value is -7.74. The van der Waals surface area contributed by atoms with Gasteiger partial charge in [-0.1, -0.05) is 196 Å². The van der Waals surface area contributed by atoms with Crippen LogP contribution in [0, 0.1) is 0 Å². The first-order chi connectivity index (χ1) is 31.0. The number of hydrogen-bond donors (Lipinski definition) is 0. The highest BCUT2D eigenvalue weighted by Gasteiger charge is 2.51. The average Bonchev–Trinajstić information content (AvgIpc) is 3.90. The maximum atomic E-state index is 2.50. The Morgan fingerprint density at radius 2 is 0.730 bits per heavy atom. The Labute approximate surface area is 369 Å². The monoisotopic (exact) mass is 801 g/mol. The molecule has 296 valence electrons. The molecule has 3 aliphatic carbocycles. The van der Waals surface area contributed by atoms with Crippen molar-refractivity contribution in [1.29, 1.82) is 0 Å². The van der Waals surface area contributed by atoms with E-state index in [-0.39, 0.29) is 5.41 Å². The van der Waals surface area contributed by atoms with Crippen molar-refractivity contribution in [3.05, 3.63) is 258 Å². The van der Waals surface area contributed by atoms with Crippen LogP contribution in [0.15, 0.2) is 224 Å². The fourth-order valence-corrected chi connectivity index (χ4v) is 11.6. The first kappa shape index (κ1) is 36.0. The predicted octanol–water partition coefficient (Wildman–Crippen LogP) is 16.3. The second-order valence-electron chi connectivity index (χ2n) is 18.0. The summed E-state index contributed by atoms with van der Waals surface area (Å²) >= 11 is 0. The summed E-state index contributed by atoms with van der Waals surface area (Å²) < 4.78 is 0. The van der Waals surface area contributed by atoms with E-state index < -0.39 is 5.41 Å². The van der Waals surface area contributed by atoms with Crippen LogP contribution in [0.4, 0.5) is 17.1 Å². The molecule has 63 heavy (non-hydrogen) atoms. The molecule has 0 bridgehead atoms. The van der Waals surface area contributed by atoms with Crippen molar-refractivity contribution in [2.24, 2.45) is 0 Å². The molecule has 1 heteroatoms. The maximum absolute atomic E-state index is 2.50. The number of hydrogen-bond acceptors (Lipinski definition) is 1. The summed E-state index contributed by atoms with van der Waals surface area (Å²) in [5, 5.41) is 2.53. The second-order valence-corrected chi connectivity index (χ2v) is 18.0. The number of benzene rings is 10. The van der Waals surface area contributed by atoms with Crippen LogP contribution in [0.1, 0.15) is 47.2 Å². The van der Waals surface area contributed by atoms with Crippen LogP contribution in [0.3, 0.4) is 0 Å². The van der Waals surface area contributed by atoms with Crippen LogP contribution in [0.5, 0.6) is 0 Å². The smallest absolute Gasteiger partial charge is 0.0726 e. The molecule has 0 atom stereocenters. The van der Waals surface area contributed by atoms with Crippen LogP contribution in [-0.2, 0) is 10.8 Å². The Kier molecular flexibility index (Phi) is 7.64. The SMILES string of the molecule is CC1(C)c2ccccc2-c2ccc(N(c3ccc(-c4cccc(-c5cccc6ccccc56)c4)cc3)c3ccc4c(c3)C3(c5ccccc5-c5ccccc53)c3ccccc3-4)cc21. The Morgan fingerprint density at radius 3 is 1.38 bits per heavy atom. The van der Waals surface area contributed by atoms with Crippen molar-refractivity contribution >= 4 is 27.8 Å². The van der Waals surface area contributed by atoms with Gasteiger partial charge in [0, 0.05) is 22.5 Å². The Balaban J connectivity index is 0.991. The van der Waals surface area contributed by atoms with Gasteiger partial charge in [0.05, 0.1) is 5.41 Å². The van der Waals surface area contributed by atoms with Gasteiger partial charge in [-0.3, -0.25) is 0 Å². The predicted molar refractivity (Wildman–Crippen MR) is 263 cm³/mol. The lowest BCUT2D eigenvalue weighted by atomic mass is 9.70. The molecular formula is C62H43N. The van der Waals surface area contributed by atoms with Gasteiger partial charge in [0.15, 0.2) is 0 Å². The minimum absolute atomic E-state index is 0.131. The third-order valence-electron chi connectivity index (χ3n) is 14.5. The first-order valence-electron chi connectivity index (χ1n) is 22.2. The van der Waals surface area contributed by atoms with E-state index in [2.05, 4.69) is 243 Å². The third-order valence-corrected chi connectivity index (χ3v) is 14.5. The molecule has 10 aromatic carbocycles. The van der Waals surface area contributed by atoms with Gasteiger partial charge >= 0.3 is 0 Å². The fraction of sp³-hybridized carbons (Fsp3) is 0.0645. The lowest BCUT2D eigenvalue weighted by Gasteiger charge is -2.32. The average molecular weight is 802 g/mol. The minimum atomic E-state index is -0.429. The van der Waals surface area contributed by atoms with E-state index in [1.54, 1.807) is 0 Å². The molecule has 1 nitrogen and oxygen atoms in total. The Bertz CT molecular complexity index is 3430. The van der Waals surface area contributed by atoms with Crippen molar-refractivity contribution in [3.63, 3.8) is 0 Å². The lowest BCUT2D eigenvalue weighted by molar-refractivity contribution is 0.660. The van der Waals surface area contributed by atoms with E-state index in [1.807, 2.05) is 0 Å². The van der Waals surface area contributed by atoms with E-state index in [4.69, 9.17) is 0 Å². The molecule has 10 aromatic rings. The zero-order chi connectivity index (χ0) is 41.9. The van der Waals surface area contributed by atoms with E-state index in [0.717, 1.165) is 17.1 Å². The van der Waals surface area contributed by atoms with Gasteiger partial charge in [0.25, 0.3) is 0 Å². The van der Waals surface area contributed by atoms with Gasteiger partial charge in [-0.25, -0.2) is 0 Å². The summed E-state index contributed by atoms with van der Waals surface area (Å²) in [5.41, 5.74) is 23.8. The topological polar surface area (TPSA) is 3.24 Å². The molecule has 0 saturated heterocycles. The standard InChI is InChI=1S/C62H43N/c1-61(2)55-25-9-5-20-49(55)53-35-33-45(38-59(53)61)63(44-31-29-40(30-32-44)42-17-13-18-43(37-42)48-24-14-16-41-15-3-4-19-47(41)48)46-34-36-54-52-23-8-12-28-58(52)62(60(54)39-46)56-26-10-6-21-50(56)51-22-7-11-27-57(51)62/h3-39H,1-2H3. The number of anilines is 3. The molecule has 0 saturated carbocycles. The molecule has 1 spiro atoms. The molecule has 0 N–H and O–H groups in total. The quantitative estimate of drug-likeness (QED) is 0.168. The highest BCUT2D eigenvalue weighted by atomic mass is 15.1. The molecule has 0 fully saturated rings. The van der Waals surface area contributed by atoms with E-state index in [9.17, 15) is 0 Å². The molecule has 0 radical (unpaired) electrons. The molecule has 3 aliphatic rings. The molecular weight excluding hydrogens is 759 g/mol. The number of fused-ring (bicyclic) bond motifs is 14. The molecule has 0 unspecified atom stereocenters. The molecule has 0 amide bonds.